The van der Waals surface area contributed by atoms with Crippen LogP contribution in [0.25, 0.3) is 0 Å². The predicted molar refractivity (Wildman–Crippen MR) is 110 cm³/mol. The Morgan fingerprint density at radius 1 is 1.22 bits per heavy atom. The van der Waals surface area contributed by atoms with Crippen LogP contribution in [-0.4, -0.2) is 92.7 Å². The van der Waals surface area contributed by atoms with Gasteiger partial charge in [-0.2, -0.15) is 13.2 Å². The number of nitrogens with one attached hydrogen (secondary N) is 1. The summed E-state index contributed by atoms with van der Waals surface area (Å²) in [6, 6.07) is 0. The minimum absolute atomic E-state index is 0. The Kier molecular flexibility index (Phi) is 10.1. The molecule has 2 fully saturated rings. The summed E-state index contributed by atoms with van der Waals surface area (Å²) in [5.74, 6) is 0.544. The van der Waals surface area contributed by atoms with E-state index in [0.29, 0.717) is 16.8 Å². The Morgan fingerprint density at radius 2 is 1.89 bits per heavy atom. The molecule has 1 N–H and O–H groups in total. The lowest BCUT2D eigenvalue weighted by atomic mass is 10.1. The van der Waals surface area contributed by atoms with Crippen LogP contribution in [0.1, 0.15) is 25.7 Å². The number of aliphatic imine (C=N–C) groups is 1. The summed E-state index contributed by atoms with van der Waals surface area (Å²) < 4.78 is 37.1. The highest BCUT2D eigenvalue weighted by Crippen LogP contribution is 2.20. The zero-order valence-electron chi connectivity index (χ0n) is 16.1. The standard InChI is InChI=1S/C17H30F3N5O.HI/c1-21-16(22-10-15(26)23(2)13-17(18,19)20)25-9-6-14(12-25)11-24-7-4-3-5-8-24;/h14H,3-13H2,1-2H3,(H,21,22);1H. The molecule has 0 radical (unpaired) electrons. The maximum absolute atomic E-state index is 12.4. The summed E-state index contributed by atoms with van der Waals surface area (Å²) in [5.41, 5.74) is 0. The van der Waals surface area contributed by atoms with Gasteiger partial charge in [0.25, 0.3) is 0 Å². The number of alkyl halides is 3. The molecule has 0 aromatic rings. The Hall–Kier alpha value is -0.780. The lowest BCUT2D eigenvalue weighted by molar-refractivity contribution is -0.157. The van der Waals surface area contributed by atoms with Crippen LogP contribution in [0.4, 0.5) is 13.2 Å². The number of hydrogen-bond donors (Lipinski definition) is 1. The van der Waals surface area contributed by atoms with E-state index in [1.807, 2.05) is 0 Å². The average Bonchev–Trinajstić information content (AvgIpc) is 3.03. The molecule has 1 atom stereocenters. The number of amides is 1. The number of guanidine groups is 1. The summed E-state index contributed by atoms with van der Waals surface area (Å²) in [6.07, 6.45) is 0.545. The number of carbonyl (C=O) groups excluding carboxylic acids is 1. The lowest BCUT2D eigenvalue weighted by Crippen LogP contribution is -2.46. The highest BCUT2D eigenvalue weighted by molar-refractivity contribution is 14.0. The first-order valence-electron chi connectivity index (χ1n) is 9.27. The van der Waals surface area contributed by atoms with Gasteiger partial charge in [-0.15, -0.1) is 24.0 Å². The van der Waals surface area contributed by atoms with Crippen LogP contribution in [0.15, 0.2) is 4.99 Å². The van der Waals surface area contributed by atoms with Gasteiger partial charge >= 0.3 is 6.18 Å². The van der Waals surface area contributed by atoms with Crippen LogP contribution in [0.2, 0.25) is 0 Å². The van der Waals surface area contributed by atoms with Crippen molar-refractivity contribution in [3.63, 3.8) is 0 Å². The highest BCUT2D eigenvalue weighted by Gasteiger charge is 2.31. The molecule has 0 aromatic carbocycles. The molecule has 2 aliphatic heterocycles. The van der Waals surface area contributed by atoms with Gasteiger partial charge in [-0.3, -0.25) is 9.79 Å². The van der Waals surface area contributed by atoms with Gasteiger partial charge < -0.3 is 20.0 Å². The second-order valence-electron chi connectivity index (χ2n) is 7.23. The van der Waals surface area contributed by atoms with E-state index in [2.05, 4.69) is 20.1 Å². The minimum atomic E-state index is -4.39. The van der Waals surface area contributed by atoms with Gasteiger partial charge in [0.15, 0.2) is 5.96 Å². The number of likely N-dealkylation sites (tertiary alicyclic amines) is 2. The van der Waals surface area contributed by atoms with Crippen LogP contribution in [0.3, 0.4) is 0 Å². The molecule has 2 rings (SSSR count). The maximum Gasteiger partial charge on any atom is 0.406 e. The van der Waals surface area contributed by atoms with Crippen molar-refractivity contribution >= 4 is 35.8 Å². The number of halogens is 4. The van der Waals surface area contributed by atoms with Gasteiger partial charge in [0.05, 0.1) is 6.54 Å². The molecule has 0 spiro atoms. The quantitative estimate of drug-likeness (QED) is 0.353. The molecule has 10 heteroatoms. The van der Waals surface area contributed by atoms with Crippen molar-refractivity contribution in [2.24, 2.45) is 10.9 Å². The lowest BCUT2D eigenvalue weighted by Gasteiger charge is -2.29. The molecule has 0 aliphatic carbocycles. The molecule has 0 aromatic heterocycles. The summed E-state index contributed by atoms with van der Waals surface area (Å²) >= 11 is 0. The van der Waals surface area contributed by atoms with E-state index < -0.39 is 18.6 Å². The van der Waals surface area contributed by atoms with Gasteiger partial charge in [-0.1, -0.05) is 6.42 Å². The fourth-order valence-corrected chi connectivity index (χ4v) is 3.66. The first-order chi connectivity index (χ1) is 12.3. The van der Waals surface area contributed by atoms with Crippen LogP contribution in [0, 0.1) is 5.92 Å². The third-order valence-electron chi connectivity index (χ3n) is 5.00. The number of carbonyl (C=O) groups is 1. The fraction of sp³-hybridized carbons (Fsp3) is 0.882. The van der Waals surface area contributed by atoms with E-state index >= 15 is 0 Å². The molecule has 158 valence electrons. The Morgan fingerprint density at radius 3 is 2.48 bits per heavy atom. The van der Waals surface area contributed by atoms with Gasteiger partial charge in [-0.25, -0.2) is 0 Å². The fourth-order valence-electron chi connectivity index (χ4n) is 3.66. The average molecular weight is 505 g/mol. The zero-order valence-corrected chi connectivity index (χ0v) is 18.4. The number of piperidine rings is 1. The Bertz CT molecular complexity index is 497. The molecule has 2 saturated heterocycles. The van der Waals surface area contributed by atoms with Crippen molar-refractivity contribution in [3.8, 4) is 0 Å². The molecule has 0 bridgehead atoms. The van der Waals surface area contributed by atoms with Gasteiger partial charge in [0, 0.05) is 33.7 Å². The molecule has 2 aliphatic rings. The highest BCUT2D eigenvalue weighted by atomic mass is 127. The minimum Gasteiger partial charge on any atom is -0.347 e. The van der Waals surface area contributed by atoms with Crippen LogP contribution < -0.4 is 5.32 Å². The molecule has 1 unspecified atom stereocenters. The Labute approximate surface area is 176 Å². The van der Waals surface area contributed by atoms with Crippen molar-refractivity contribution in [1.82, 2.24) is 20.0 Å². The first kappa shape index (κ1) is 24.3. The van der Waals surface area contributed by atoms with Gasteiger partial charge in [-0.05, 0) is 38.3 Å². The van der Waals surface area contributed by atoms with Crippen molar-refractivity contribution in [1.29, 1.82) is 0 Å². The smallest absolute Gasteiger partial charge is 0.347 e. The van der Waals surface area contributed by atoms with Gasteiger partial charge in [0.2, 0.25) is 5.91 Å². The van der Waals surface area contributed by atoms with Crippen molar-refractivity contribution in [3.05, 3.63) is 0 Å². The zero-order chi connectivity index (χ0) is 19.2. The van der Waals surface area contributed by atoms with E-state index in [1.165, 1.54) is 32.4 Å². The van der Waals surface area contributed by atoms with E-state index in [1.54, 1.807) is 7.05 Å². The molecular formula is C17H31F3IN5O. The van der Waals surface area contributed by atoms with Crippen LogP contribution in [0.5, 0.6) is 0 Å². The SMILES string of the molecule is CN=C(NCC(=O)N(C)CC(F)(F)F)N1CCC(CN2CCCCC2)C1.I. The molecular weight excluding hydrogens is 474 g/mol. The van der Waals surface area contributed by atoms with E-state index in [0.717, 1.165) is 33.1 Å². The van der Waals surface area contributed by atoms with Crippen LogP contribution >= 0.6 is 24.0 Å². The predicted octanol–water partition coefficient (Wildman–Crippen LogP) is 2.01. The summed E-state index contributed by atoms with van der Waals surface area (Å²) in [5, 5.41) is 2.91. The second-order valence-corrected chi connectivity index (χ2v) is 7.23. The molecule has 1 amide bonds. The second kappa shape index (κ2) is 11.3. The van der Waals surface area contributed by atoms with E-state index in [-0.39, 0.29) is 30.5 Å². The molecule has 27 heavy (non-hydrogen) atoms. The largest absolute Gasteiger partial charge is 0.406 e. The number of rotatable bonds is 5. The van der Waals surface area contributed by atoms with Crippen molar-refractivity contribution in [2.45, 2.75) is 31.9 Å². The third-order valence-corrected chi connectivity index (χ3v) is 5.00. The van der Waals surface area contributed by atoms with Crippen LogP contribution in [-0.2, 0) is 4.79 Å². The monoisotopic (exact) mass is 505 g/mol. The number of nitrogens with zero attached hydrogens (tertiary/aromatic N) is 4. The summed E-state index contributed by atoms with van der Waals surface area (Å²) in [7, 11) is 2.79. The van der Waals surface area contributed by atoms with Crippen molar-refractivity contribution in [2.75, 3.05) is 59.9 Å². The molecule has 2 heterocycles. The summed E-state index contributed by atoms with van der Waals surface area (Å²) in [6.45, 7) is 3.71. The Balaban J connectivity index is 0.00000364. The first-order valence-corrected chi connectivity index (χ1v) is 9.27. The third kappa shape index (κ3) is 8.41. The molecule has 6 nitrogen and oxygen atoms in total. The number of hydrogen-bond acceptors (Lipinski definition) is 3. The number of likely N-dealkylation sites (N-methyl/N-ethyl adjacent to an activating group) is 1. The normalized spacial score (nSPS) is 21.7. The summed E-state index contributed by atoms with van der Waals surface area (Å²) in [4.78, 5) is 21.3. The molecule has 0 saturated carbocycles. The van der Waals surface area contributed by atoms with Crippen molar-refractivity contribution < 1.29 is 18.0 Å². The van der Waals surface area contributed by atoms with E-state index in [9.17, 15) is 18.0 Å². The van der Waals surface area contributed by atoms with E-state index in [4.69, 9.17) is 0 Å². The topological polar surface area (TPSA) is 51.2 Å². The van der Waals surface area contributed by atoms with Gasteiger partial charge in [0.1, 0.15) is 6.54 Å². The maximum atomic E-state index is 12.4.